The number of nitrogens with one attached hydrogen (secondary N) is 1. The van der Waals surface area contributed by atoms with E-state index in [0.717, 1.165) is 31.6 Å². The van der Waals surface area contributed by atoms with Crippen LogP contribution >= 0.6 is 0 Å². The largest absolute Gasteiger partial charge is 0.469 e. The molecular formula is C18H20N2O4. The third-order valence-corrected chi connectivity index (χ3v) is 4.22. The maximum atomic E-state index is 12.5. The molecule has 6 nitrogen and oxygen atoms in total. The number of rotatable bonds is 4. The molecule has 0 atom stereocenters. The van der Waals surface area contributed by atoms with Gasteiger partial charge >= 0.3 is 5.97 Å². The van der Waals surface area contributed by atoms with Crippen LogP contribution in [0.2, 0.25) is 0 Å². The molecule has 0 radical (unpaired) electrons. The topological polar surface area (TPSA) is 71.8 Å². The number of methoxy groups -OCH3 is 1. The Hall–Kier alpha value is -2.76. The second-order valence-corrected chi connectivity index (χ2v) is 5.76. The average Bonchev–Trinajstić information content (AvgIpc) is 3.25. The van der Waals surface area contributed by atoms with E-state index >= 15 is 0 Å². The van der Waals surface area contributed by atoms with Crippen molar-refractivity contribution in [3.63, 3.8) is 0 Å². The van der Waals surface area contributed by atoms with Crippen molar-refractivity contribution in [2.24, 2.45) is 0 Å². The van der Waals surface area contributed by atoms with Crippen LogP contribution in [0.5, 0.6) is 0 Å². The summed E-state index contributed by atoms with van der Waals surface area (Å²) in [5, 5.41) is 2.90. The fourth-order valence-corrected chi connectivity index (χ4v) is 2.92. The van der Waals surface area contributed by atoms with Gasteiger partial charge in [0.05, 0.1) is 35.9 Å². The fraction of sp³-hybridized carbons (Fsp3) is 0.333. The SMILES string of the molecule is COC(=O)c1ccc(N2CCCC2)c(NC(=O)c2ccoc2C)c1. The summed E-state index contributed by atoms with van der Waals surface area (Å²) in [4.78, 5) is 26.5. The van der Waals surface area contributed by atoms with E-state index in [9.17, 15) is 9.59 Å². The van der Waals surface area contributed by atoms with Crippen molar-refractivity contribution in [3.05, 3.63) is 47.4 Å². The normalized spacial score (nSPS) is 13.8. The number of ether oxygens (including phenoxy) is 1. The van der Waals surface area contributed by atoms with E-state index < -0.39 is 5.97 Å². The third-order valence-electron chi connectivity index (χ3n) is 4.22. The van der Waals surface area contributed by atoms with Crippen molar-refractivity contribution in [1.29, 1.82) is 0 Å². The number of carbonyl (C=O) groups is 2. The molecule has 1 fully saturated rings. The first kappa shape index (κ1) is 16.1. The number of esters is 1. The standard InChI is InChI=1S/C18H20N2O4/c1-12-14(7-10-24-12)17(21)19-15-11-13(18(22)23-2)5-6-16(15)20-8-3-4-9-20/h5-7,10-11H,3-4,8-9H2,1-2H3,(H,19,21). The van der Waals surface area contributed by atoms with Crippen LogP contribution in [0.3, 0.4) is 0 Å². The zero-order valence-electron chi connectivity index (χ0n) is 13.8. The summed E-state index contributed by atoms with van der Waals surface area (Å²) in [6.45, 7) is 3.61. The fourth-order valence-electron chi connectivity index (χ4n) is 2.92. The number of furan rings is 1. The van der Waals surface area contributed by atoms with Crippen molar-refractivity contribution in [2.45, 2.75) is 19.8 Å². The molecule has 2 aromatic rings. The van der Waals surface area contributed by atoms with E-state index in [1.54, 1.807) is 25.1 Å². The number of anilines is 2. The summed E-state index contributed by atoms with van der Waals surface area (Å²) in [5.74, 6) is -0.138. The first-order chi connectivity index (χ1) is 11.6. The Labute approximate surface area is 140 Å². The molecule has 1 aromatic heterocycles. The van der Waals surface area contributed by atoms with Crippen LogP contribution in [-0.2, 0) is 4.74 Å². The van der Waals surface area contributed by atoms with Crippen LogP contribution in [0.15, 0.2) is 34.9 Å². The van der Waals surface area contributed by atoms with Gasteiger partial charge in [-0.25, -0.2) is 4.79 Å². The van der Waals surface area contributed by atoms with Gasteiger partial charge in [0, 0.05) is 13.1 Å². The number of carbonyl (C=O) groups excluding carboxylic acids is 2. The molecular weight excluding hydrogens is 308 g/mol. The van der Waals surface area contributed by atoms with Gasteiger partial charge in [-0.05, 0) is 44.0 Å². The highest BCUT2D eigenvalue weighted by Crippen LogP contribution is 2.31. The van der Waals surface area contributed by atoms with E-state index in [1.165, 1.54) is 13.4 Å². The van der Waals surface area contributed by atoms with Gasteiger partial charge in [-0.15, -0.1) is 0 Å². The summed E-state index contributed by atoms with van der Waals surface area (Å²) in [7, 11) is 1.34. The number of amides is 1. The highest BCUT2D eigenvalue weighted by molar-refractivity contribution is 6.07. The summed E-state index contributed by atoms with van der Waals surface area (Å²) in [6, 6.07) is 6.87. The minimum Gasteiger partial charge on any atom is -0.469 e. The molecule has 0 spiro atoms. The molecule has 24 heavy (non-hydrogen) atoms. The Kier molecular flexibility index (Phi) is 4.55. The summed E-state index contributed by atoms with van der Waals surface area (Å²) in [5.41, 5.74) is 2.39. The van der Waals surface area contributed by atoms with Crippen molar-refractivity contribution in [1.82, 2.24) is 0 Å². The predicted octanol–water partition coefficient (Wildman–Crippen LogP) is 3.23. The van der Waals surface area contributed by atoms with E-state index in [1.807, 2.05) is 6.07 Å². The molecule has 1 aliphatic heterocycles. The van der Waals surface area contributed by atoms with Crippen LogP contribution in [0.25, 0.3) is 0 Å². The zero-order chi connectivity index (χ0) is 17.1. The molecule has 0 bridgehead atoms. The number of hydrogen-bond acceptors (Lipinski definition) is 5. The van der Waals surface area contributed by atoms with Gasteiger partial charge < -0.3 is 19.4 Å². The van der Waals surface area contributed by atoms with Crippen LogP contribution in [0.1, 0.15) is 39.3 Å². The lowest BCUT2D eigenvalue weighted by atomic mass is 10.1. The molecule has 0 unspecified atom stereocenters. The van der Waals surface area contributed by atoms with Crippen LogP contribution in [0.4, 0.5) is 11.4 Å². The average molecular weight is 328 g/mol. The first-order valence-corrected chi connectivity index (χ1v) is 7.93. The van der Waals surface area contributed by atoms with Gasteiger partial charge in [0.15, 0.2) is 0 Å². The zero-order valence-corrected chi connectivity index (χ0v) is 13.8. The smallest absolute Gasteiger partial charge is 0.337 e. The number of aryl methyl sites for hydroxylation is 1. The van der Waals surface area contributed by atoms with Crippen molar-refractivity contribution >= 4 is 23.3 Å². The van der Waals surface area contributed by atoms with Gasteiger partial charge in [-0.1, -0.05) is 0 Å². The van der Waals surface area contributed by atoms with Crippen molar-refractivity contribution in [3.8, 4) is 0 Å². The maximum absolute atomic E-state index is 12.5. The minimum absolute atomic E-state index is 0.260. The lowest BCUT2D eigenvalue weighted by Crippen LogP contribution is -2.21. The number of nitrogens with zero attached hydrogens (tertiary/aromatic N) is 1. The van der Waals surface area contributed by atoms with Gasteiger partial charge in [-0.3, -0.25) is 4.79 Å². The molecule has 1 amide bonds. The molecule has 1 N–H and O–H groups in total. The lowest BCUT2D eigenvalue weighted by Gasteiger charge is -2.22. The monoisotopic (exact) mass is 328 g/mol. The molecule has 2 heterocycles. The van der Waals surface area contributed by atoms with Gasteiger partial charge in [-0.2, -0.15) is 0 Å². The highest BCUT2D eigenvalue weighted by atomic mass is 16.5. The first-order valence-electron chi connectivity index (χ1n) is 7.93. The van der Waals surface area contributed by atoms with Gasteiger partial charge in [0.2, 0.25) is 0 Å². The Morgan fingerprint density at radius 3 is 2.58 bits per heavy atom. The Balaban J connectivity index is 1.94. The molecule has 0 saturated carbocycles. The number of benzene rings is 1. The van der Waals surface area contributed by atoms with Gasteiger partial charge in [0.1, 0.15) is 5.76 Å². The molecule has 0 aliphatic carbocycles. The van der Waals surface area contributed by atoms with E-state index in [-0.39, 0.29) is 5.91 Å². The quantitative estimate of drug-likeness (QED) is 0.873. The van der Waals surface area contributed by atoms with Crippen molar-refractivity contribution in [2.75, 3.05) is 30.4 Å². The predicted molar refractivity (Wildman–Crippen MR) is 90.6 cm³/mol. The van der Waals surface area contributed by atoms with Crippen molar-refractivity contribution < 1.29 is 18.7 Å². The molecule has 1 saturated heterocycles. The van der Waals surface area contributed by atoms with E-state index in [2.05, 4.69) is 10.2 Å². The third kappa shape index (κ3) is 3.13. The summed E-state index contributed by atoms with van der Waals surface area (Å²) in [6.07, 6.45) is 3.72. The maximum Gasteiger partial charge on any atom is 0.337 e. The molecule has 1 aliphatic rings. The second-order valence-electron chi connectivity index (χ2n) is 5.76. The summed E-state index contributed by atoms with van der Waals surface area (Å²) < 4.78 is 9.96. The molecule has 1 aromatic carbocycles. The second kappa shape index (κ2) is 6.78. The van der Waals surface area contributed by atoms with Crippen LogP contribution in [0, 0.1) is 6.92 Å². The van der Waals surface area contributed by atoms with Crippen LogP contribution in [-0.4, -0.2) is 32.1 Å². The number of hydrogen-bond donors (Lipinski definition) is 1. The highest BCUT2D eigenvalue weighted by Gasteiger charge is 2.20. The molecule has 3 rings (SSSR count). The Bertz CT molecular complexity index is 760. The van der Waals surface area contributed by atoms with Gasteiger partial charge in [0.25, 0.3) is 5.91 Å². The van der Waals surface area contributed by atoms with E-state index in [0.29, 0.717) is 22.6 Å². The lowest BCUT2D eigenvalue weighted by molar-refractivity contribution is 0.0600. The van der Waals surface area contributed by atoms with Crippen LogP contribution < -0.4 is 10.2 Å². The van der Waals surface area contributed by atoms with E-state index in [4.69, 9.17) is 9.15 Å². The molecule has 126 valence electrons. The minimum atomic E-state index is -0.432. The Morgan fingerprint density at radius 2 is 1.96 bits per heavy atom. The summed E-state index contributed by atoms with van der Waals surface area (Å²) >= 11 is 0. The Morgan fingerprint density at radius 1 is 1.21 bits per heavy atom. The molecule has 6 heteroatoms.